The van der Waals surface area contributed by atoms with Crippen molar-refractivity contribution >= 4 is 34.1 Å². The molecule has 0 fully saturated rings. The van der Waals surface area contributed by atoms with Crippen molar-refractivity contribution in [3.63, 3.8) is 0 Å². The molecule has 1 aromatic heterocycles. The third kappa shape index (κ3) is 3.18. The molecule has 1 aliphatic heterocycles. The quantitative estimate of drug-likeness (QED) is 0.240. The SMILES string of the molecule is C=Cc1nc2n(c1C=C)C1(C)C=CCC(C)C3=C1C1C(=CC3C)C(c3ccc4cc(C)ccc4c3)=c3ccccc3=C21. The van der Waals surface area contributed by atoms with Crippen LogP contribution in [0.25, 0.3) is 34.1 Å². The molecule has 206 valence electrons. The number of nitrogens with zero attached hydrogens (tertiary/aromatic N) is 2. The zero-order valence-electron chi connectivity index (χ0n) is 24.9. The Hall–Kier alpha value is -4.43. The highest BCUT2D eigenvalue weighted by Crippen LogP contribution is 2.58. The first kappa shape index (κ1) is 25.3. The van der Waals surface area contributed by atoms with Crippen LogP contribution in [0.4, 0.5) is 0 Å². The minimum absolute atomic E-state index is 0.134. The van der Waals surface area contributed by atoms with E-state index in [1.165, 1.54) is 54.6 Å². The largest absolute Gasteiger partial charge is 0.311 e. The van der Waals surface area contributed by atoms with Crippen molar-refractivity contribution in [1.82, 2.24) is 9.55 Å². The summed E-state index contributed by atoms with van der Waals surface area (Å²) in [5.41, 5.74) is 11.4. The highest BCUT2D eigenvalue weighted by Gasteiger charge is 2.51. The van der Waals surface area contributed by atoms with Crippen LogP contribution in [-0.4, -0.2) is 9.55 Å². The highest BCUT2D eigenvalue weighted by atomic mass is 15.2. The van der Waals surface area contributed by atoms with Crippen LogP contribution >= 0.6 is 0 Å². The van der Waals surface area contributed by atoms with E-state index in [0.717, 1.165) is 23.6 Å². The monoisotopic (exact) mass is 544 g/mol. The molecule has 2 nitrogen and oxygen atoms in total. The van der Waals surface area contributed by atoms with E-state index in [4.69, 9.17) is 4.98 Å². The van der Waals surface area contributed by atoms with E-state index >= 15 is 0 Å². The second-order valence-corrected chi connectivity index (χ2v) is 12.7. The van der Waals surface area contributed by atoms with Gasteiger partial charge in [0.05, 0.1) is 16.9 Å². The summed E-state index contributed by atoms with van der Waals surface area (Å²) in [6.07, 6.45) is 12.3. The van der Waals surface area contributed by atoms with Gasteiger partial charge in [0.15, 0.2) is 0 Å². The summed E-state index contributed by atoms with van der Waals surface area (Å²) < 4.78 is 2.46. The zero-order chi connectivity index (χ0) is 28.9. The predicted octanol–water partition coefficient (Wildman–Crippen LogP) is 7.86. The molecule has 0 saturated heterocycles. The molecule has 4 atom stereocenters. The maximum Gasteiger partial charge on any atom is 0.139 e. The number of aromatic nitrogens is 2. The molecule has 2 heteroatoms. The van der Waals surface area contributed by atoms with Crippen molar-refractivity contribution in [3.8, 4) is 0 Å². The van der Waals surface area contributed by atoms with Crippen LogP contribution in [0.15, 0.2) is 109 Å². The Morgan fingerprint density at radius 1 is 0.952 bits per heavy atom. The van der Waals surface area contributed by atoms with Crippen molar-refractivity contribution in [3.05, 3.63) is 148 Å². The molecule has 4 aliphatic rings. The molecule has 2 heterocycles. The normalized spacial score (nSPS) is 25.4. The van der Waals surface area contributed by atoms with Gasteiger partial charge in [-0.15, -0.1) is 0 Å². The maximum atomic E-state index is 5.30. The molecule has 4 aromatic rings. The summed E-state index contributed by atoms with van der Waals surface area (Å²) in [6.45, 7) is 17.8. The number of fused-ring (bicyclic) bond motifs is 5. The van der Waals surface area contributed by atoms with Crippen LogP contribution in [0, 0.1) is 24.7 Å². The molecule has 42 heavy (non-hydrogen) atoms. The fourth-order valence-electron chi connectivity index (χ4n) is 8.55. The average Bonchev–Trinajstić information content (AvgIpc) is 3.31. The first-order chi connectivity index (χ1) is 20.4. The van der Waals surface area contributed by atoms with E-state index in [9.17, 15) is 0 Å². The maximum absolute atomic E-state index is 5.30. The Balaban J connectivity index is 1.58. The molecule has 0 bridgehead atoms. The molecule has 8 rings (SSSR count). The first-order valence-corrected chi connectivity index (χ1v) is 15.2. The van der Waals surface area contributed by atoms with Gasteiger partial charge < -0.3 is 4.57 Å². The van der Waals surface area contributed by atoms with Gasteiger partial charge in [0.1, 0.15) is 5.82 Å². The van der Waals surface area contributed by atoms with Crippen molar-refractivity contribution in [1.29, 1.82) is 0 Å². The zero-order valence-corrected chi connectivity index (χ0v) is 24.9. The van der Waals surface area contributed by atoms with Crippen molar-refractivity contribution in [2.24, 2.45) is 17.8 Å². The second kappa shape index (κ2) is 8.79. The number of hydrogen-bond acceptors (Lipinski definition) is 1. The van der Waals surface area contributed by atoms with Crippen LogP contribution in [0.3, 0.4) is 0 Å². The Morgan fingerprint density at radius 2 is 1.71 bits per heavy atom. The van der Waals surface area contributed by atoms with E-state index < -0.39 is 0 Å². The molecule has 0 saturated carbocycles. The average molecular weight is 545 g/mol. The van der Waals surface area contributed by atoms with Crippen LogP contribution in [-0.2, 0) is 5.54 Å². The molecule has 3 aromatic carbocycles. The van der Waals surface area contributed by atoms with Crippen molar-refractivity contribution < 1.29 is 0 Å². The lowest BCUT2D eigenvalue weighted by molar-refractivity contribution is 0.410. The number of imidazole rings is 1. The molecule has 0 amide bonds. The summed E-state index contributed by atoms with van der Waals surface area (Å²) >= 11 is 0. The Labute approximate surface area is 248 Å². The minimum atomic E-state index is -0.354. The van der Waals surface area contributed by atoms with Gasteiger partial charge in [-0.05, 0) is 93.8 Å². The van der Waals surface area contributed by atoms with E-state index in [1.807, 2.05) is 12.2 Å². The number of benzene rings is 3. The Morgan fingerprint density at radius 3 is 2.50 bits per heavy atom. The molecule has 0 spiro atoms. The van der Waals surface area contributed by atoms with Gasteiger partial charge >= 0.3 is 0 Å². The smallest absolute Gasteiger partial charge is 0.139 e. The van der Waals surface area contributed by atoms with Gasteiger partial charge in [0.2, 0.25) is 0 Å². The first-order valence-electron chi connectivity index (χ1n) is 15.2. The molecular weight excluding hydrogens is 508 g/mol. The molecule has 0 N–H and O–H groups in total. The summed E-state index contributed by atoms with van der Waals surface area (Å²) in [7, 11) is 0. The van der Waals surface area contributed by atoms with Crippen LogP contribution in [0.1, 0.15) is 55.5 Å². The molecule has 3 aliphatic carbocycles. The summed E-state index contributed by atoms with van der Waals surface area (Å²) in [5, 5.41) is 5.13. The van der Waals surface area contributed by atoms with Crippen LogP contribution in [0.2, 0.25) is 0 Å². The predicted molar refractivity (Wildman–Crippen MR) is 176 cm³/mol. The third-order valence-corrected chi connectivity index (χ3v) is 10.2. The Bertz CT molecular complexity index is 2110. The van der Waals surface area contributed by atoms with Crippen LogP contribution in [0.5, 0.6) is 0 Å². The fourth-order valence-corrected chi connectivity index (χ4v) is 8.55. The number of rotatable bonds is 3. The summed E-state index contributed by atoms with van der Waals surface area (Å²) in [4.78, 5) is 5.30. The number of hydrogen-bond donors (Lipinski definition) is 0. The lowest BCUT2D eigenvalue weighted by Crippen LogP contribution is -2.49. The lowest BCUT2D eigenvalue weighted by atomic mass is 9.60. The minimum Gasteiger partial charge on any atom is -0.311 e. The van der Waals surface area contributed by atoms with Gasteiger partial charge in [0, 0.05) is 11.5 Å². The van der Waals surface area contributed by atoms with E-state index in [2.05, 4.69) is 124 Å². The standard InChI is InChI=1S/C40H36N2/c1-7-32-33(8-2)42-39(41-32)37-30-14-10-9-13-29(30)35(28-18-17-26-20-23(3)15-16-27(26)22-28)31-21-25(5)34-24(4)12-11-19-40(42,6)38(34)36(31)37/h7-11,13-22,24-25,36H,1-2,12H2,3-6H3. The molecular formula is C40H36N2. The van der Waals surface area contributed by atoms with Gasteiger partial charge in [0.25, 0.3) is 0 Å². The highest BCUT2D eigenvalue weighted by molar-refractivity contribution is 5.94. The number of allylic oxidation sites excluding steroid dienone is 6. The third-order valence-electron chi connectivity index (χ3n) is 10.2. The Kier molecular flexibility index (Phi) is 5.29. The van der Waals surface area contributed by atoms with E-state index in [-0.39, 0.29) is 11.5 Å². The van der Waals surface area contributed by atoms with E-state index in [1.54, 1.807) is 5.57 Å². The van der Waals surface area contributed by atoms with E-state index in [0.29, 0.717) is 11.8 Å². The number of aryl methyl sites for hydroxylation is 1. The topological polar surface area (TPSA) is 17.8 Å². The summed E-state index contributed by atoms with van der Waals surface area (Å²) in [5.74, 6) is 1.97. The second-order valence-electron chi connectivity index (χ2n) is 12.7. The fraction of sp³-hybridized carbons (Fsp3) is 0.225. The van der Waals surface area contributed by atoms with Gasteiger partial charge in [-0.1, -0.05) is 111 Å². The summed E-state index contributed by atoms with van der Waals surface area (Å²) in [6, 6.07) is 22.8. The lowest BCUT2D eigenvalue weighted by Gasteiger charge is -2.49. The van der Waals surface area contributed by atoms with Gasteiger partial charge in [-0.2, -0.15) is 0 Å². The van der Waals surface area contributed by atoms with Crippen molar-refractivity contribution in [2.75, 3.05) is 0 Å². The van der Waals surface area contributed by atoms with Gasteiger partial charge in [-0.3, -0.25) is 0 Å². The van der Waals surface area contributed by atoms with Crippen molar-refractivity contribution in [2.45, 2.75) is 39.7 Å². The van der Waals surface area contributed by atoms with Gasteiger partial charge in [-0.25, -0.2) is 4.98 Å². The molecule has 4 unspecified atom stereocenters. The molecule has 0 radical (unpaired) electrons. The van der Waals surface area contributed by atoms with Crippen LogP contribution < -0.4 is 10.4 Å².